The van der Waals surface area contributed by atoms with Crippen molar-refractivity contribution in [3.8, 4) is 0 Å². The topological polar surface area (TPSA) is 30.5 Å². The zero-order chi connectivity index (χ0) is 12.9. The number of unbranched alkanes of at least 4 members (excludes halogenated alkanes) is 2. The number of ether oxygens (including phenoxy) is 2. The predicted molar refractivity (Wildman–Crippen MR) is 73.5 cm³/mol. The molecule has 0 atom stereocenters. The molecule has 0 aromatic heterocycles. The molecule has 3 nitrogen and oxygen atoms in total. The fourth-order valence-corrected chi connectivity index (χ4v) is 1.47. The van der Waals surface area contributed by atoms with Crippen LogP contribution in [-0.4, -0.2) is 38.5 Å². The van der Waals surface area contributed by atoms with E-state index in [1.165, 1.54) is 12.8 Å². The fourth-order valence-electron chi connectivity index (χ4n) is 1.47. The Labute approximate surface area is 107 Å². The summed E-state index contributed by atoms with van der Waals surface area (Å²) in [5, 5.41) is 3.45. The first-order chi connectivity index (χ1) is 8.13. The van der Waals surface area contributed by atoms with Crippen molar-refractivity contribution in [3.05, 3.63) is 0 Å². The van der Waals surface area contributed by atoms with Crippen LogP contribution in [0.2, 0.25) is 0 Å². The van der Waals surface area contributed by atoms with E-state index in [-0.39, 0.29) is 0 Å². The molecule has 0 amide bonds. The Morgan fingerprint density at radius 2 is 1.12 bits per heavy atom. The minimum absolute atomic E-state index is 0.365. The molecule has 0 radical (unpaired) electrons. The maximum atomic E-state index is 5.48. The lowest BCUT2D eigenvalue weighted by atomic mass is 10.3. The highest BCUT2D eigenvalue weighted by Gasteiger charge is 1.95. The Morgan fingerprint density at radius 3 is 1.47 bits per heavy atom. The Kier molecular flexibility index (Phi) is 12.3. The van der Waals surface area contributed by atoms with Crippen LogP contribution < -0.4 is 5.32 Å². The van der Waals surface area contributed by atoms with Crippen molar-refractivity contribution in [2.24, 2.45) is 0 Å². The Hall–Kier alpha value is -0.120. The monoisotopic (exact) mass is 245 g/mol. The first kappa shape index (κ1) is 16.9. The maximum absolute atomic E-state index is 5.48. The Morgan fingerprint density at radius 1 is 0.706 bits per heavy atom. The van der Waals surface area contributed by atoms with Gasteiger partial charge in [0, 0.05) is 13.2 Å². The quantitative estimate of drug-likeness (QED) is 0.536. The van der Waals surface area contributed by atoms with Gasteiger partial charge >= 0.3 is 0 Å². The van der Waals surface area contributed by atoms with Crippen LogP contribution in [0.3, 0.4) is 0 Å². The largest absolute Gasteiger partial charge is 0.379 e. The number of rotatable bonds is 12. The smallest absolute Gasteiger partial charge is 0.0518 e. The molecule has 1 N–H and O–H groups in total. The molecule has 0 aromatic rings. The average molecular weight is 245 g/mol. The van der Waals surface area contributed by atoms with Crippen LogP contribution in [-0.2, 0) is 9.47 Å². The van der Waals surface area contributed by atoms with E-state index in [4.69, 9.17) is 9.47 Å². The molecule has 0 fully saturated rings. The van der Waals surface area contributed by atoms with Crippen LogP contribution in [0, 0.1) is 0 Å². The molecule has 0 bridgehead atoms. The summed E-state index contributed by atoms with van der Waals surface area (Å²) in [6.45, 7) is 12.3. The third-order valence-electron chi connectivity index (χ3n) is 2.40. The number of hydrogen-bond donors (Lipinski definition) is 1. The van der Waals surface area contributed by atoms with E-state index in [1.807, 2.05) is 0 Å². The Balaban J connectivity index is 2.94. The maximum Gasteiger partial charge on any atom is 0.0518 e. The Bertz CT molecular complexity index is 133. The van der Waals surface area contributed by atoms with E-state index in [0.29, 0.717) is 12.2 Å². The van der Waals surface area contributed by atoms with Crippen molar-refractivity contribution in [3.63, 3.8) is 0 Å². The SMILES string of the molecule is CC(C)OCCCCNCCCCOC(C)C. The second-order valence-electron chi connectivity index (χ2n) is 5.00. The van der Waals surface area contributed by atoms with Gasteiger partial charge in [-0.05, 0) is 66.5 Å². The number of hydrogen-bond acceptors (Lipinski definition) is 3. The van der Waals surface area contributed by atoms with Gasteiger partial charge in [-0.15, -0.1) is 0 Å². The van der Waals surface area contributed by atoms with Crippen molar-refractivity contribution < 1.29 is 9.47 Å². The average Bonchev–Trinajstić information content (AvgIpc) is 2.25. The predicted octanol–water partition coefficient (Wildman–Crippen LogP) is 2.99. The molecule has 0 heterocycles. The zero-order valence-electron chi connectivity index (χ0n) is 12.1. The van der Waals surface area contributed by atoms with Gasteiger partial charge in [0.2, 0.25) is 0 Å². The highest BCUT2D eigenvalue weighted by atomic mass is 16.5. The summed E-state index contributed by atoms with van der Waals surface area (Å²) in [6.07, 6.45) is 5.45. The minimum Gasteiger partial charge on any atom is -0.379 e. The summed E-state index contributed by atoms with van der Waals surface area (Å²) in [5.74, 6) is 0. The van der Waals surface area contributed by atoms with Crippen LogP contribution in [0.25, 0.3) is 0 Å². The van der Waals surface area contributed by atoms with E-state index in [1.54, 1.807) is 0 Å². The van der Waals surface area contributed by atoms with E-state index in [2.05, 4.69) is 33.0 Å². The summed E-state index contributed by atoms with van der Waals surface area (Å²) in [7, 11) is 0. The molecule has 0 spiro atoms. The third kappa shape index (κ3) is 15.9. The van der Waals surface area contributed by atoms with Crippen LogP contribution in [0.15, 0.2) is 0 Å². The summed E-state index contributed by atoms with van der Waals surface area (Å²) >= 11 is 0. The normalized spacial score (nSPS) is 11.6. The van der Waals surface area contributed by atoms with E-state index in [0.717, 1.165) is 39.1 Å². The first-order valence-electron chi connectivity index (χ1n) is 7.07. The molecular formula is C14H31NO2. The highest BCUT2D eigenvalue weighted by Crippen LogP contribution is 1.95. The second kappa shape index (κ2) is 12.3. The van der Waals surface area contributed by atoms with Gasteiger partial charge in [0.25, 0.3) is 0 Å². The van der Waals surface area contributed by atoms with E-state index >= 15 is 0 Å². The molecule has 3 heteroatoms. The fraction of sp³-hybridized carbons (Fsp3) is 1.00. The van der Waals surface area contributed by atoms with Crippen molar-refractivity contribution in [2.75, 3.05) is 26.3 Å². The van der Waals surface area contributed by atoms with Crippen molar-refractivity contribution in [2.45, 2.75) is 65.6 Å². The zero-order valence-corrected chi connectivity index (χ0v) is 12.1. The molecule has 0 aliphatic carbocycles. The molecule has 104 valence electrons. The third-order valence-corrected chi connectivity index (χ3v) is 2.40. The van der Waals surface area contributed by atoms with E-state index < -0.39 is 0 Å². The summed E-state index contributed by atoms with van der Waals surface area (Å²) in [6, 6.07) is 0. The van der Waals surface area contributed by atoms with E-state index in [9.17, 15) is 0 Å². The van der Waals surface area contributed by atoms with Crippen LogP contribution >= 0.6 is 0 Å². The molecular weight excluding hydrogens is 214 g/mol. The van der Waals surface area contributed by atoms with Crippen molar-refractivity contribution >= 4 is 0 Å². The lowest BCUT2D eigenvalue weighted by Gasteiger charge is -2.08. The van der Waals surface area contributed by atoms with Crippen molar-refractivity contribution in [1.29, 1.82) is 0 Å². The molecule has 0 aliphatic heterocycles. The molecule has 0 aromatic carbocycles. The lowest BCUT2D eigenvalue weighted by molar-refractivity contribution is 0.0753. The van der Waals surface area contributed by atoms with Crippen molar-refractivity contribution in [1.82, 2.24) is 5.32 Å². The molecule has 0 saturated carbocycles. The van der Waals surface area contributed by atoms with Gasteiger partial charge in [-0.2, -0.15) is 0 Å². The minimum atomic E-state index is 0.365. The molecule has 0 aliphatic rings. The summed E-state index contributed by atoms with van der Waals surface area (Å²) < 4.78 is 11.0. The highest BCUT2D eigenvalue weighted by molar-refractivity contribution is 4.50. The molecule has 0 rings (SSSR count). The molecule has 0 saturated heterocycles. The number of nitrogens with one attached hydrogen (secondary N) is 1. The van der Waals surface area contributed by atoms with Gasteiger partial charge in [-0.1, -0.05) is 0 Å². The molecule has 0 unspecified atom stereocenters. The second-order valence-corrected chi connectivity index (χ2v) is 5.00. The lowest BCUT2D eigenvalue weighted by Crippen LogP contribution is -2.18. The first-order valence-corrected chi connectivity index (χ1v) is 7.07. The van der Waals surface area contributed by atoms with Crippen LogP contribution in [0.5, 0.6) is 0 Å². The van der Waals surface area contributed by atoms with Gasteiger partial charge in [0.15, 0.2) is 0 Å². The van der Waals surface area contributed by atoms with Gasteiger partial charge in [-0.3, -0.25) is 0 Å². The van der Waals surface area contributed by atoms with Gasteiger partial charge < -0.3 is 14.8 Å². The summed E-state index contributed by atoms with van der Waals surface area (Å²) in [5.41, 5.74) is 0. The van der Waals surface area contributed by atoms with Crippen LogP contribution in [0.1, 0.15) is 53.4 Å². The molecule has 17 heavy (non-hydrogen) atoms. The standard InChI is InChI=1S/C14H31NO2/c1-13(2)16-11-7-5-9-15-10-6-8-12-17-14(3)4/h13-15H,5-12H2,1-4H3. The van der Waals surface area contributed by atoms with Gasteiger partial charge in [0.05, 0.1) is 12.2 Å². The van der Waals surface area contributed by atoms with Gasteiger partial charge in [0.1, 0.15) is 0 Å². The summed E-state index contributed by atoms with van der Waals surface area (Å²) in [4.78, 5) is 0. The van der Waals surface area contributed by atoms with Crippen LogP contribution in [0.4, 0.5) is 0 Å². The van der Waals surface area contributed by atoms with Gasteiger partial charge in [-0.25, -0.2) is 0 Å².